The van der Waals surface area contributed by atoms with E-state index in [1.54, 1.807) is 18.2 Å². The Morgan fingerprint density at radius 1 is 1.14 bits per heavy atom. The van der Waals surface area contributed by atoms with Gasteiger partial charge in [-0.05, 0) is 42.8 Å². The highest BCUT2D eigenvalue weighted by Gasteiger charge is 2.31. The van der Waals surface area contributed by atoms with Gasteiger partial charge in [0.15, 0.2) is 0 Å². The predicted octanol–water partition coefficient (Wildman–Crippen LogP) is 5.66. The number of allylic oxidation sites excluding steroid dienone is 1. The molecule has 5 rings (SSSR count). The van der Waals surface area contributed by atoms with E-state index in [2.05, 4.69) is 40.3 Å². The molecule has 0 aliphatic carbocycles. The first kappa shape index (κ1) is 23.6. The number of hydrogen-bond donors (Lipinski definition) is 2. The zero-order valence-electron chi connectivity index (χ0n) is 19.5. The van der Waals surface area contributed by atoms with Crippen LogP contribution in [0.3, 0.4) is 0 Å². The van der Waals surface area contributed by atoms with Gasteiger partial charge in [0.05, 0.1) is 22.4 Å². The van der Waals surface area contributed by atoms with E-state index in [4.69, 9.17) is 0 Å². The normalized spacial score (nSPS) is 15.7. The molecular formula is C28H23FN4O2S. The Morgan fingerprint density at radius 3 is 2.67 bits per heavy atom. The van der Waals surface area contributed by atoms with Crippen LogP contribution in [0.15, 0.2) is 77.3 Å². The average Bonchev–Trinajstić information content (AvgIpc) is 3.20. The number of aromatic nitrogens is 1. The van der Waals surface area contributed by atoms with Crippen molar-refractivity contribution < 1.29 is 14.0 Å². The third-order valence-electron chi connectivity index (χ3n) is 6.36. The Morgan fingerprint density at radius 2 is 1.89 bits per heavy atom. The van der Waals surface area contributed by atoms with Crippen LogP contribution in [0, 0.1) is 17.1 Å². The van der Waals surface area contributed by atoms with Gasteiger partial charge in [-0.1, -0.05) is 48.2 Å². The second kappa shape index (κ2) is 9.88. The van der Waals surface area contributed by atoms with Crippen molar-refractivity contribution in [3.05, 3.63) is 88.7 Å². The Balaban J connectivity index is 1.36. The minimum absolute atomic E-state index is 0.0143. The summed E-state index contributed by atoms with van der Waals surface area (Å²) in [6, 6.07) is 22.2. The highest BCUT2D eigenvalue weighted by Crippen LogP contribution is 2.37. The molecule has 0 saturated carbocycles. The van der Waals surface area contributed by atoms with E-state index >= 15 is 0 Å². The topological polar surface area (TPSA) is 86.9 Å². The largest absolute Gasteiger partial charge is 0.341 e. The van der Waals surface area contributed by atoms with Crippen molar-refractivity contribution in [2.45, 2.75) is 25.8 Å². The SMILES string of the molecule is CCn1c2ccccc2c2cc(NC(=O)CSC3=C(C#N)[C@H](c4ccccc4F)CC(=O)N3)ccc21. The number of nitriles is 1. The lowest BCUT2D eigenvalue weighted by Crippen LogP contribution is -2.31. The highest BCUT2D eigenvalue weighted by molar-refractivity contribution is 8.03. The Kier molecular flexibility index (Phi) is 6.49. The number of aryl methyl sites for hydroxylation is 1. The molecule has 180 valence electrons. The molecule has 36 heavy (non-hydrogen) atoms. The summed E-state index contributed by atoms with van der Waals surface area (Å²) in [5.74, 6) is -1.76. The standard InChI is InChI=1S/C28H23FN4O2S/c1-2-33-24-10-6-4-8-19(24)21-13-17(11-12-25(21)33)31-27(35)16-36-28-22(15-30)20(14-26(34)32-28)18-7-3-5-9-23(18)29/h3-13,20H,2,14,16H2,1H3,(H,31,35)(H,32,34)/t20-/m0/s1. The van der Waals surface area contributed by atoms with Gasteiger partial charge in [-0.15, -0.1) is 0 Å². The van der Waals surface area contributed by atoms with Crippen molar-refractivity contribution in [1.82, 2.24) is 9.88 Å². The number of carbonyl (C=O) groups is 2. The summed E-state index contributed by atoms with van der Waals surface area (Å²) in [7, 11) is 0. The maximum absolute atomic E-state index is 14.4. The molecular weight excluding hydrogens is 475 g/mol. The number of hydrogen-bond acceptors (Lipinski definition) is 4. The van der Waals surface area contributed by atoms with Gasteiger partial charge in [0.1, 0.15) is 5.82 Å². The second-order valence-corrected chi connectivity index (χ2v) is 9.50. The van der Waals surface area contributed by atoms with E-state index in [1.165, 1.54) is 6.07 Å². The van der Waals surface area contributed by atoms with E-state index in [0.717, 1.165) is 40.1 Å². The molecule has 2 heterocycles. The zero-order chi connectivity index (χ0) is 25.2. The number of nitrogens with one attached hydrogen (secondary N) is 2. The third-order valence-corrected chi connectivity index (χ3v) is 7.37. The van der Waals surface area contributed by atoms with Gasteiger partial charge >= 0.3 is 0 Å². The summed E-state index contributed by atoms with van der Waals surface area (Å²) in [5.41, 5.74) is 3.46. The van der Waals surface area contributed by atoms with Crippen LogP contribution in [0.4, 0.5) is 10.1 Å². The van der Waals surface area contributed by atoms with Crippen LogP contribution in [-0.4, -0.2) is 22.1 Å². The van der Waals surface area contributed by atoms with Gasteiger partial charge in [0.2, 0.25) is 11.8 Å². The minimum Gasteiger partial charge on any atom is -0.341 e. The summed E-state index contributed by atoms with van der Waals surface area (Å²) >= 11 is 1.07. The third kappa shape index (κ3) is 4.34. The van der Waals surface area contributed by atoms with Crippen molar-refractivity contribution in [2.24, 2.45) is 0 Å². The maximum atomic E-state index is 14.4. The van der Waals surface area contributed by atoms with Crippen molar-refractivity contribution in [2.75, 3.05) is 11.1 Å². The number of thioether (sulfide) groups is 1. The van der Waals surface area contributed by atoms with Crippen LogP contribution in [0.5, 0.6) is 0 Å². The van der Waals surface area contributed by atoms with Crippen LogP contribution in [0.25, 0.3) is 21.8 Å². The Hall–Kier alpha value is -4.09. The second-order valence-electron chi connectivity index (χ2n) is 8.51. The van der Waals surface area contributed by atoms with Crippen molar-refractivity contribution in [3.8, 4) is 6.07 Å². The molecule has 2 amide bonds. The number of amides is 2. The van der Waals surface area contributed by atoms with Gasteiger partial charge in [-0.2, -0.15) is 5.26 Å². The maximum Gasteiger partial charge on any atom is 0.234 e. The molecule has 4 aromatic rings. The number of carbonyl (C=O) groups excluding carboxylic acids is 2. The smallest absolute Gasteiger partial charge is 0.234 e. The number of rotatable bonds is 6. The van der Waals surface area contributed by atoms with E-state index in [1.807, 2.05) is 30.3 Å². The summed E-state index contributed by atoms with van der Waals surface area (Å²) in [6.45, 7) is 2.94. The van der Waals surface area contributed by atoms with E-state index in [9.17, 15) is 19.2 Å². The van der Waals surface area contributed by atoms with E-state index in [0.29, 0.717) is 16.3 Å². The number of fused-ring (bicyclic) bond motifs is 3. The molecule has 6 nitrogen and oxygen atoms in total. The van der Waals surface area contributed by atoms with Crippen LogP contribution in [0.2, 0.25) is 0 Å². The molecule has 1 aromatic heterocycles. The van der Waals surface area contributed by atoms with E-state index in [-0.39, 0.29) is 29.6 Å². The lowest BCUT2D eigenvalue weighted by Gasteiger charge is -2.25. The van der Waals surface area contributed by atoms with Crippen molar-refractivity contribution >= 4 is 51.1 Å². The minimum atomic E-state index is -0.686. The fourth-order valence-corrected chi connectivity index (χ4v) is 5.64. The lowest BCUT2D eigenvalue weighted by atomic mass is 9.87. The molecule has 8 heteroatoms. The number of nitrogens with zero attached hydrogens (tertiary/aromatic N) is 2. The summed E-state index contributed by atoms with van der Waals surface area (Å²) in [6.07, 6.45) is -0.0224. The summed E-state index contributed by atoms with van der Waals surface area (Å²) < 4.78 is 16.6. The molecule has 0 unspecified atom stereocenters. The predicted molar refractivity (Wildman–Crippen MR) is 141 cm³/mol. The summed E-state index contributed by atoms with van der Waals surface area (Å²) in [4.78, 5) is 25.1. The molecule has 0 fully saturated rings. The molecule has 0 radical (unpaired) electrons. The lowest BCUT2D eigenvalue weighted by molar-refractivity contribution is -0.121. The number of para-hydroxylation sites is 1. The number of benzene rings is 3. The molecule has 1 aliphatic rings. The van der Waals surface area contributed by atoms with Crippen molar-refractivity contribution in [3.63, 3.8) is 0 Å². The molecule has 0 saturated heterocycles. The highest BCUT2D eigenvalue weighted by atomic mass is 32.2. The first-order chi connectivity index (χ1) is 17.5. The van der Waals surface area contributed by atoms with Crippen LogP contribution in [-0.2, 0) is 16.1 Å². The van der Waals surface area contributed by atoms with Crippen LogP contribution >= 0.6 is 11.8 Å². The monoisotopic (exact) mass is 498 g/mol. The summed E-state index contributed by atoms with van der Waals surface area (Å²) in [5, 5.41) is 17.8. The molecule has 1 aliphatic heterocycles. The number of halogens is 1. The zero-order valence-corrected chi connectivity index (χ0v) is 20.4. The fraction of sp³-hybridized carbons (Fsp3) is 0.179. The van der Waals surface area contributed by atoms with Gasteiger partial charge in [0, 0.05) is 46.4 Å². The Bertz CT molecular complexity index is 1580. The quantitative estimate of drug-likeness (QED) is 0.359. The van der Waals surface area contributed by atoms with Gasteiger partial charge in [-0.3, -0.25) is 9.59 Å². The average molecular weight is 499 g/mol. The first-order valence-electron chi connectivity index (χ1n) is 11.6. The molecule has 3 aromatic carbocycles. The number of anilines is 1. The fourth-order valence-electron chi connectivity index (χ4n) is 4.76. The first-order valence-corrected chi connectivity index (χ1v) is 12.6. The van der Waals surface area contributed by atoms with E-state index < -0.39 is 11.7 Å². The van der Waals surface area contributed by atoms with Crippen LogP contribution in [0.1, 0.15) is 24.8 Å². The molecule has 0 bridgehead atoms. The molecule has 2 N–H and O–H groups in total. The molecule has 1 atom stereocenters. The Labute approximate surface area is 211 Å². The van der Waals surface area contributed by atoms with Crippen molar-refractivity contribution in [1.29, 1.82) is 5.26 Å². The van der Waals surface area contributed by atoms with Gasteiger partial charge in [0.25, 0.3) is 0 Å². The molecule has 0 spiro atoms. The van der Waals surface area contributed by atoms with Gasteiger partial charge in [-0.25, -0.2) is 4.39 Å². The van der Waals surface area contributed by atoms with Crippen LogP contribution < -0.4 is 10.6 Å². The van der Waals surface area contributed by atoms with Gasteiger partial charge < -0.3 is 15.2 Å².